The van der Waals surface area contributed by atoms with Crippen LogP contribution in [0.5, 0.6) is 0 Å². The fourth-order valence-electron chi connectivity index (χ4n) is 3.13. The molecule has 3 aromatic rings. The number of carbonyl (C=O) groups is 1. The molecule has 2 aromatic carbocycles. The van der Waals surface area contributed by atoms with Gasteiger partial charge in [-0.3, -0.25) is 4.79 Å². The summed E-state index contributed by atoms with van der Waals surface area (Å²) in [6.07, 6.45) is 4.07. The van der Waals surface area contributed by atoms with Crippen molar-refractivity contribution in [3.05, 3.63) is 60.5 Å². The summed E-state index contributed by atoms with van der Waals surface area (Å²) in [6.45, 7) is 8.09. The van der Waals surface area contributed by atoms with Gasteiger partial charge in [0.2, 0.25) is 11.8 Å². The molecule has 29 heavy (non-hydrogen) atoms. The van der Waals surface area contributed by atoms with E-state index in [2.05, 4.69) is 48.2 Å². The van der Waals surface area contributed by atoms with E-state index < -0.39 is 0 Å². The van der Waals surface area contributed by atoms with Gasteiger partial charge in [-0.05, 0) is 74.4 Å². The van der Waals surface area contributed by atoms with Gasteiger partial charge >= 0.3 is 0 Å². The monoisotopic (exact) mass is 391 g/mol. The highest BCUT2D eigenvalue weighted by Crippen LogP contribution is 2.29. The SMILES string of the molecule is CCN(C)CCC(C)C(=O)Nc1ccc(-c2cc(-c3ncco3)ccc2C)cc1. The zero-order valence-corrected chi connectivity index (χ0v) is 17.6. The van der Waals surface area contributed by atoms with E-state index in [1.165, 1.54) is 5.56 Å². The van der Waals surface area contributed by atoms with Gasteiger partial charge in [-0.15, -0.1) is 0 Å². The van der Waals surface area contributed by atoms with Crippen LogP contribution in [0, 0.1) is 12.8 Å². The first-order valence-corrected chi connectivity index (χ1v) is 10.1. The molecule has 0 fully saturated rings. The van der Waals surface area contributed by atoms with Crippen molar-refractivity contribution >= 4 is 11.6 Å². The lowest BCUT2D eigenvalue weighted by Gasteiger charge is -2.17. The third-order valence-corrected chi connectivity index (χ3v) is 5.31. The summed E-state index contributed by atoms with van der Waals surface area (Å²) in [5, 5.41) is 3.03. The van der Waals surface area contributed by atoms with Gasteiger partial charge in [-0.2, -0.15) is 0 Å². The first-order chi connectivity index (χ1) is 14.0. The van der Waals surface area contributed by atoms with E-state index in [9.17, 15) is 4.79 Å². The van der Waals surface area contributed by atoms with Crippen molar-refractivity contribution in [1.82, 2.24) is 9.88 Å². The van der Waals surface area contributed by atoms with Crippen molar-refractivity contribution in [2.75, 3.05) is 25.5 Å². The Morgan fingerprint density at radius 3 is 2.55 bits per heavy atom. The molecular formula is C24H29N3O2. The molecule has 5 heteroatoms. The number of hydrogen-bond donors (Lipinski definition) is 1. The molecule has 1 unspecified atom stereocenters. The van der Waals surface area contributed by atoms with E-state index in [4.69, 9.17) is 4.42 Å². The van der Waals surface area contributed by atoms with Gasteiger partial charge in [-0.25, -0.2) is 4.98 Å². The molecule has 1 atom stereocenters. The number of nitrogens with zero attached hydrogens (tertiary/aromatic N) is 2. The van der Waals surface area contributed by atoms with Gasteiger partial charge in [0, 0.05) is 17.2 Å². The molecule has 152 valence electrons. The maximum absolute atomic E-state index is 12.5. The number of anilines is 1. The van der Waals surface area contributed by atoms with E-state index >= 15 is 0 Å². The van der Waals surface area contributed by atoms with Crippen molar-refractivity contribution in [3.8, 4) is 22.6 Å². The quantitative estimate of drug-likeness (QED) is 0.571. The van der Waals surface area contributed by atoms with Crippen LogP contribution in [-0.2, 0) is 4.79 Å². The molecule has 0 radical (unpaired) electrons. The summed E-state index contributed by atoms with van der Waals surface area (Å²) in [5.74, 6) is 0.644. The van der Waals surface area contributed by atoms with E-state index in [1.54, 1.807) is 12.5 Å². The van der Waals surface area contributed by atoms with E-state index in [-0.39, 0.29) is 11.8 Å². The van der Waals surface area contributed by atoms with Crippen LogP contribution in [0.25, 0.3) is 22.6 Å². The molecule has 1 N–H and O–H groups in total. The number of rotatable bonds is 8. The lowest BCUT2D eigenvalue weighted by atomic mass is 9.97. The number of aryl methyl sites for hydroxylation is 1. The van der Waals surface area contributed by atoms with E-state index in [0.29, 0.717) is 5.89 Å². The molecule has 0 saturated carbocycles. The summed E-state index contributed by atoms with van der Waals surface area (Å²) >= 11 is 0. The normalized spacial score (nSPS) is 12.2. The van der Waals surface area contributed by atoms with Crippen LogP contribution in [0.15, 0.2) is 59.3 Å². The lowest BCUT2D eigenvalue weighted by Crippen LogP contribution is -2.26. The summed E-state index contributed by atoms with van der Waals surface area (Å²) in [6, 6.07) is 14.1. The van der Waals surface area contributed by atoms with Crippen molar-refractivity contribution in [1.29, 1.82) is 0 Å². The minimum atomic E-state index is -0.0246. The number of aromatic nitrogens is 1. The molecule has 0 aliphatic rings. The second kappa shape index (κ2) is 9.52. The molecule has 0 bridgehead atoms. The molecule has 0 aliphatic carbocycles. The maximum atomic E-state index is 12.5. The Balaban J connectivity index is 1.69. The molecule has 1 amide bonds. The molecule has 3 rings (SSSR count). The smallest absolute Gasteiger partial charge is 0.227 e. The number of carbonyl (C=O) groups excluding carboxylic acids is 1. The largest absolute Gasteiger partial charge is 0.445 e. The van der Waals surface area contributed by atoms with Crippen LogP contribution < -0.4 is 5.32 Å². The summed E-state index contributed by atoms with van der Waals surface area (Å²) in [7, 11) is 2.07. The summed E-state index contributed by atoms with van der Waals surface area (Å²) in [4.78, 5) is 18.9. The Kier molecular flexibility index (Phi) is 6.83. The maximum Gasteiger partial charge on any atom is 0.227 e. The average molecular weight is 392 g/mol. The predicted octanol–water partition coefficient (Wildman–Crippen LogP) is 5.23. The van der Waals surface area contributed by atoms with Crippen LogP contribution in [0.1, 0.15) is 25.8 Å². The minimum Gasteiger partial charge on any atom is -0.445 e. The fraction of sp³-hybridized carbons (Fsp3) is 0.333. The highest BCUT2D eigenvalue weighted by atomic mass is 16.3. The predicted molar refractivity (Wildman–Crippen MR) is 118 cm³/mol. The zero-order valence-electron chi connectivity index (χ0n) is 17.6. The van der Waals surface area contributed by atoms with Crippen LogP contribution >= 0.6 is 0 Å². The van der Waals surface area contributed by atoms with Crippen LogP contribution in [0.4, 0.5) is 5.69 Å². The average Bonchev–Trinajstić information content (AvgIpc) is 3.27. The van der Waals surface area contributed by atoms with Crippen LogP contribution in [-0.4, -0.2) is 35.9 Å². The number of hydrogen-bond acceptors (Lipinski definition) is 4. The van der Waals surface area contributed by atoms with E-state index in [1.807, 2.05) is 37.3 Å². The molecule has 5 nitrogen and oxygen atoms in total. The van der Waals surface area contributed by atoms with Crippen molar-refractivity contribution in [3.63, 3.8) is 0 Å². The molecule has 1 aromatic heterocycles. The Hall–Kier alpha value is -2.92. The molecule has 0 spiro atoms. The Bertz CT molecular complexity index is 933. The van der Waals surface area contributed by atoms with Crippen molar-refractivity contribution in [2.45, 2.75) is 27.2 Å². The second-order valence-electron chi connectivity index (χ2n) is 7.52. The Morgan fingerprint density at radius 1 is 1.17 bits per heavy atom. The van der Waals surface area contributed by atoms with Crippen LogP contribution in [0.2, 0.25) is 0 Å². The second-order valence-corrected chi connectivity index (χ2v) is 7.52. The number of nitrogens with one attached hydrogen (secondary N) is 1. The third-order valence-electron chi connectivity index (χ3n) is 5.31. The van der Waals surface area contributed by atoms with Gasteiger partial charge in [0.15, 0.2) is 0 Å². The number of benzene rings is 2. The zero-order chi connectivity index (χ0) is 20.8. The Morgan fingerprint density at radius 2 is 1.90 bits per heavy atom. The highest BCUT2D eigenvalue weighted by Gasteiger charge is 2.14. The number of amides is 1. The van der Waals surface area contributed by atoms with Crippen molar-refractivity contribution < 1.29 is 9.21 Å². The first-order valence-electron chi connectivity index (χ1n) is 10.1. The standard InChI is InChI=1S/C24H29N3O2/c1-5-27(4)14-12-18(3)23(28)26-21-10-8-19(9-11-21)22-16-20(7-6-17(22)2)24-25-13-15-29-24/h6-11,13,15-16,18H,5,12,14H2,1-4H3,(H,26,28). The topological polar surface area (TPSA) is 58.4 Å². The van der Waals surface area contributed by atoms with Gasteiger partial charge in [0.05, 0.1) is 6.20 Å². The van der Waals surface area contributed by atoms with Crippen molar-refractivity contribution in [2.24, 2.45) is 5.92 Å². The summed E-state index contributed by atoms with van der Waals surface area (Å²) in [5.41, 5.74) is 5.14. The molecule has 1 heterocycles. The lowest BCUT2D eigenvalue weighted by molar-refractivity contribution is -0.119. The summed E-state index contributed by atoms with van der Waals surface area (Å²) < 4.78 is 5.42. The van der Waals surface area contributed by atoms with Gasteiger partial charge < -0.3 is 14.6 Å². The van der Waals surface area contributed by atoms with Gasteiger partial charge in [-0.1, -0.05) is 32.0 Å². The van der Waals surface area contributed by atoms with E-state index in [0.717, 1.165) is 41.9 Å². The first kappa shape index (κ1) is 20.8. The molecular weight excluding hydrogens is 362 g/mol. The molecule has 0 saturated heterocycles. The van der Waals surface area contributed by atoms with Gasteiger partial charge in [0.25, 0.3) is 0 Å². The third kappa shape index (κ3) is 5.33. The van der Waals surface area contributed by atoms with Gasteiger partial charge in [0.1, 0.15) is 6.26 Å². The fourth-order valence-corrected chi connectivity index (χ4v) is 3.13. The Labute approximate surface area is 172 Å². The number of oxazole rings is 1. The highest BCUT2D eigenvalue weighted by molar-refractivity contribution is 5.92. The van der Waals surface area contributed by atoms with Crippen LogP contribution in [0.3, 0.4) is 0 Å². The minimum absolute atomic E-state index is 0.0246. The molecule has 0 aliphatic heterocycles.